The molecular weight excluding hydrogens is 503 g/mol. The number of rotatable bonds is 7. The molecule has 3 aromatic rings. The number of guanidine groups is 1. The van der Waals surface area contributed by atoms with Crippen molar-refractivity contribution < 1.29 is 17.9 Å². The lowest BCUT2D eigenvalue weighted by atomic mass is 9.91. The fourth-order valence-corrected chi connectivity index (χ4v) is 5.33. The van der Waals surface area contributed by atoms with Crippen molar-refractivity contribution in [2.75, 3.05) is 12.4 Å². The Morgan fingerprint density at radius 2 is 1.67 bits per heavy atom. The molecule has 39 heavy (non-hydrogen) atoms. The second kappa shape index (κ2) is 11.3. The van der Waals surface area contributed by atoms with Gasteiger partial charge in [-0.3, -0.25) is 5.32 Å². The van der Waals surface area contributed by atoms with E-state index in [1.54, 1.807) is 6.07 Å². The number of para-hydroxylation sites is 1. The fourth-order valence-electron chi connectivity index (χ4n) is 5.33. The SMILES string of the molecule is CNC1(C)NC(=NC2CCC(NCc3ccc(-c4ccccc4)cc3OC(F)(F)F)CC2)Nc2ccccc21. The summed E-state index contributed by atoms with van der Waals surface area (Å²) in [5, 5.41) is 13.7. The van der Waals surface area contributed by atoms with Gasteiger partial charge in [-0.25, -0.2) is 4.99 Å². The zero-order valence-electron chi connectivity index (χ0n) is 22.1. The number of halogens is 3. The van der Waals surface area contributed by atoms with Gasteiger partial charge in [-0.05, 0) is 62.9 Å². The number of anilines is 1. The third kappa shape index (κ3) is 6.54. The molecule has 0 aromatic heterocycles. The Balaban J connectivity index is 1.21. The number of nitrogens with one attached hydrogen (secondary N) is 4. The van der Waals surface area contributed by atoms with Crippen LogP contribution in [0, 0.1) is 0 Å². The molecule has 1 atom stereocenters. The highest BCUT2D eigenvalue weighted by molar-refractivity contribution is 5.97. The van der Waals surface area contributed by atoms with Crippen molar-refractivity contribution in [3.63, 3.8) is 0 Å². The van der Waals surface area contributed by atoms with Crippen molar-refractivity contribution in [1.82, 2.24) is 16.0 Å². The van der Waals surface area contributed by atoms with Crippen LogP contribution in [0.4, 0.5) is 18.9 Å². The average Bonchev–Trinajstić information content (AvgIpc) is 2.93. The summed E-state index contributed by atoms with van der Waals surface area (Å²) >= 11 is 0. The molecule has 1 heterocycles. The van der Waals surface area contributed by atoms with E-state index in [1.165, 1.54) is 6.07 Å². The Morgan fingerprint density at radius 3 is 2.38 bits per heavy atom. The highest BCUT2D eigenvalue weighted by Crippen LogP contribution is 2.33. The molecule has 1 aliphatic carbocycles. The first-order valence-electron chi connectivity index (χ1n) is 13.3. The van der Waals surface area contributed by atoms with E-state index in [2.05, 4.69) is 39.0 Å². The zero-order chi connectivity index (χ0) is 27.5. The minimum Gasteiger partial charge on any atom is -0.405 e. The summed E-state index contributed by atoms with van der Waals surface area (Å²) in [6.45, 7) is 2.39. The lowest BCUT2D eigenvalue weighted by Gasteiger charge is -2.39. The predicted molar refractivity (Wildman–Crippen MR) is 148 cm³/mol. The number of fused-ring (bicyclic) bond motifs is 1. The number of hydrogen-bond donors (Lipinski definition) is 4. The van der Waals surface area contributed by atoms with Crippen LogP contribution in [0.3, 0.4) is 0 Å². The molecule has 3 aromatic carbocycles. The molecule has 2 aliphatic rings. The molecule has 4 N–H and O–H groups in total. The summed E-state index contributed by atoms with van der Waals surface area (Å²) in [5.41, 5.74) is 3.73. The average molecular weight is 538 g/mol. The van der Waals surface area contributed by atoms with E-state index in [4.69, 9.17) is 4.99 Å². The maximum Gasteiger partial charge on any atom is 0.573 e. The Bertz CT molecular complexity index is 1310. The molecule has 206 valence electrons. The molecule has 1 fully saturated rings. The minimum absolute atomic E-state index is 0.165. The number of aliphatic imine (C=N–C) groups is 1. The highest BCUT2D eigenvalue weighted by atomic mass is 19.4. The van der Waals surface area contributed by atoms with Crippen molar-refractivity contribution in [3.8, 4) is 16.9 Å². The minimum atomic E-state index is -4.76. The van der Waals surface area contributed by atoms with E-state index in [-0.39, 0.29) is 17.8 Å². The molecule has 0 saturated heterocycles. The second-order valence-electron chi connectivity index (χ2n) is 10.3. The molecule has 0 spiro atoms. The van der Waals surface area contributed by atoms with E-state index in [0.717, 1.165) is 48.5 Å². The summed E-state index contributed by atoms with van der Waals surface area (Å²) < 4.78 is 43.9. The molecule has 1 aliphatic heterocycles. The first-order valence-corrected chi connectivity index (χ1v) is 13.3. The van der Waals surface area contributed by atoms with Gasteiger partial charge in [0, 0.05) is 29.4 Å². The van der Waals surface area contributed by atoms with Gasteiger partial charge in [-0.1, -0.05) is 60.7 Å². The first-order chi connectivity index (χ1) is 18.7. The van der Waals surface area contributed by atoms with Crippen LogP contribution in [0.2, 0.25) is 0 Å². The topological polar surface area (TPSA) is 69.7 Å². The molecule has 0 amide bonds. The van der Waals surface area contributed by atoms with Crippen molar-refractivity contribution in [3.05, 3.63) is 83.9 Å². The maximum absolute atomic E-state index is 13.2. The second-order valence-corrected chi connectivity index (χ2v) is 10.3. The van der Waals surface area contributed by atoms with Crippen LogP contribution in [0.25, 0.3) is 11.1 Å². The van der Waals surface area contributed by atoms with Crippen LogP contribution < -0.4 is 26.0 Å². The van der Waals surface area contributed by atoms with Crippen molar-refractivity contribution in [2.45, 2.75) is 63.3 Å². The number of nitrogens with zero attached hydrogens (tertiary/aromatic N) is 1. The molecule has 0 bridgehead atoms. The maximum atomic E-state index is 13.2. The van der Waals surface area contributed by atoms with E-state index in [0.29, 0.717) is 17.7 Å². The van der Waals surface area contributed by atoms with Crippen molar-refractivity contribution in [1.29, 1.82) is 0 Å². The third-order valence-corrected chi connectivity index (χ3v) is 7.58. The van der Waals surface area contributed by atoms with Gasteiger partial charge in [0.25, 0.3) is 0 Å². The number of hydrogen-bond acceptors (Lipinski definition) is 4. The molecule has 1 saturated carbocycles. The van der Waals surface area contributed by atoms with E-state index >= 15 is 0 Å². The molecular formula is C30H34F3N5O. The van der Waals surface area contributed by atoms with Gasteiger partial charge < -0.3 is 20.7 Å². The Morgan fingerprint density at radius 1 is 0.949 bits per heavy atom. The highest BCUT2D eigenvalue weighted by Gasteiger charge is 2.34. The summed E-state index contributed by atoms with van der Waals surface area (Å²) in [6, 6.07) is 22.8. The third-order valence-electron chi connectivity index (χ3n) is 7.58. The molecule has 5 rings (SSSR count). The Kier molecular flexibility index (Phi) is 7.81. The quantitative estimate of drug-likeness (QED) is 0.293. The summed E-state index contributed by atoms with van der Waals surface area (Å²) in [5.74, 6) is 0.577. The van der Waals surface area contributed by atoms with Crippen LogP contribution >= 0.6 is 0 Å². The fraction of sp³-hybridized carbons (Fsp3) is 0.367. The standard InChI is InChI=1S/C30H34F3N5O/c1-29(34-2)25-10-6-7-11-26(25)37-28(38-29)36-24-16-14-23(15-17-24)35-19-22-13-12-21(20-8-4-3-5-9-20)18-27(22)39-30(31,32)33/h3-13,18,23-24,34-35H,14-17,19H2,1-2H3,(H2,36,37,38). The van der Waals surface area contributed by atoms with Crippen LogP contribution in [0.1, 0.15) is 43.7 Å². The van der Waals surface area contributed by atoms with E-state index in [9.17, 15) is 13.2 Å². The van der Waals surface area contributed by atoms with Crippen molar-refractivity contribution in [2.24, 2.45) is 4.99 Å². The number of ether oxygens (including phenoxy) is 1. The zero-order valence-corrected chi connectivity index (χ0v) is 22.1. The largest absolute Gasteiger partial charge is 0.573 e. The summed E-state index contributed by atoms with van der Waals surface area (Å²) in [6.07, 6.45) is -1.20. The summed E-state index contributed by atoms with van der Waals surface area (Å²) in [4.78, 5) is 4.96. The van der Waals surface area contributed by atoms with E-state index in [1.807, 2.05) is 61.6 Å². The molecule has 1 unspecified atom stereocenters. The molecule has 6 nitrogen and oxygen atoms in total. The van der Waals surface area contributed by atoms with Crippen LogP contribution in [-0.2, 0) is 12.2 Å². The Labute approximate surface area is 227 Å². The predicted octanol–water partition coefficient (Wildman–Crippen LogP) is 6.12. The lowest BCUT2D eigenvalue weighted by Crippen LogP contribution is -2.57. The molecule has 0 radical (unpaired) electrons. The molecule has 9 heteroatoms. The monoisotopic (exact) mass is 537 g/mol. The van der Waals surface area contributed by atoms with Gasteiger partial charge in [-0.2, -0.15) is 0 Å². The van der Waals surface area contributed by atoms with Gasteiger partial charge in [0.05, 0.1) is 6.04 Å². The summed E-state index contributed by atoms with van der Waals surface area (Å²) in [7, 11) is 1.92. The van der Waals surface area contributed by atoms with E-state index < -0.39 is 12.0 Å². The van der Waals surface area contributed by atoms with Gasteiger partial charge in [-0.15, -0.1) is 13.2 Å². The number of benzene rings is 3. The van der Waals surface area contributed by atoms with Gasteiger partial charge >= 0.3 is 6.36 Å². The normalized spacial score (nSPS) is 24.0. The van der Waals surface area contributed by atoms with Gasteiger partial charge in [0.1, 0.15) is 11.4 Å². The van der Waals surface area contributed by atoms with Crippen LogP contribution in [0.15, 0.2) is 77.8 Å². The van der Waals surface area contributed by atoms with Gasteiger partial charge in [0.15, 0.2) is 5.96 Å². The smallest absolute Gasteiger partial charge is 0.405 e. The first kappa shape index (κ1) is 27.0. The van der Waals surface area contributed by atoms with Crippen LogP contribution in [0.5, 0.6) is 5.75 Å². The lowest BCUT2D eigenvalue weighted by molar-refractivity contribution is -0.274. The Hall–Kier alpha value is -3.56. The van der Waals surface area contributed by atoms with Crippen molar-refractivity contribution >= 4 is 11.6 Å². The van der Waals surface area contributed by atoms with Gasteiger partial charge in [0.2, 0.25) is 0 Å². The van der Waals surface area contributed by atoms with Crippen LogP contribution in [-0.4, -0.2) is 31.5 Å². The number of alkyl halides is 3.